The Morgan fingerprint density at radius 2 is 1.87 bits per heavy atom. The number of benzene rings is 2. The minimum absolute atomic E-state index is 0.00772. The van der Waals surface area contributed by atoms with Gasteiger partial charge < -0.3 is 15.4 Å². The van der Waals surface area contributed by atoms with Crippen LogP contribution in [0.25, 0.3) is 0 Å². The molecular weight excluding hydrogens is 432 g/mol. The molecule has 0 spiro atoms. The molecule has 2 aliphatic heterocycles. The van der Waals surface area contributed by atoms with Crippen molar-refractivity contribution in [3.63, 3.8) is 0 Å². The fourth-order valence-electron chi connectivity index (χ4n) is 3.56. The summed E-state index contributed by atoms with van der Waals surface area (Å²) in [6.45, 7) is 0.0784. The molecule has 8 nitrogen and oxygen atoms in total. The first-order valence-electron chi connectivity index (χ1n) is 9.57. The summed E-state index contributed by atoms with van der Waals surface area (Å²) in [7, 11) is -3.84. The van der Waals surface area contributed by atoms with Crippen molar-refractivity contribution in [1.82, 2.24) is 4.31 Å². The Hall–Kier alpha value is -3.05. The summed E-state index contributed by atoms with van der Waals surface area (Å²) in [5.41, 5.74) is 0.160. The topological polar surface area (TPSA) is 105 Å². The largest absolute Gasteiger partial charge is 0.482 e. The number of hydrogen-bond donors (Lipinski definition) is 2. The minimum atomic E-state index is -3.84. The van der Waals surface area contributed by atoms with Crippen molar-refractivity contribution in [2.24, 2.45) is 5.92 Å². The van der Waals surface area contributed by atoms with Gasteiger partial charge in [-0.1, -0.05) is 0 Å². The third-order valence-electron chi connectivity index (χ3n) is 5.24. The van der Waals surface area contributed by atoms with Gasteiger partial charge in [-0.25, -0.2) is 17.2 Å². The maximum Gasteiger partial charge on any atom is 0.262 e. The monoisotopic (exact) mass is 451 g/mol. The van der Waals surface area contributed by atoms with Gasteiger partial charge in [0.15, 0.2) is 6.61 Å². The number of fused-ring (bicyclic) bond motifs is 1. The maximum atomic E-state index is 13.8. The summed E-state index contributed by atoms with van der Waals surface area (Å²) in [6.07, 6.45) is 0.497. The zero-order valence-corrected chi connectivity index (χ0v) is 17.0. The van der Waals surface area contributed by atoms with Crippen LogP contribution in [-0.2, 0) is 19.6 Å². The lowest BCUT2D eigenvalue weighted by Gasteiger charge is -2.31. The number of hydrogen-bond acceptors (Lipinski definition) is 5. The number of halogens is 2. The van der Waals surface area contributed by atoms with Crippen LogP contribution in [-0.4, -0.2) is 44.2 Å². The van der Waals surface area contributed by atoms with E-state index in [9.17, 15) is 26.8 Å². The number of nitrogens with one attached hydrogen (secondary N) is 2. The second kappa shape index (κ2) is 8.23. The van der Waals surface area contributed by atoms with Crippen LogP contribution in [0.2, 0.25) is 0 Å². The summed E-state index contributed by atoms with van der Waals surface area (Å²) in [6, 6.07) is 7.09. The Balaban J connectivity index is 1.41. The molecule has 0 unspecified atom stereocenters. The second-order valence-corrected chi connectivity index (χ2v) is 9.22. The zero-order chi connectivity index (χ0) is 22.2. The molecule has 2 amide bonds. The van der Waals surface area contributed by atoms with Gasteiger partial charge in [0, 0.05) is 25.1 Å². The van der Waals surface area contributed by atoms with Crippen molar-refractivity contribution >= 4 is 33.2 Å². The Kier molecular flexibility index (Phi) is 5.63. The summed E-state index contributed by atoms with van der Waals surface area (Å²) < 4.78 is 59.2. The molecule has 0 bridgehead atoms. The van der Waals surface area contributed by atoms with E-state index >= 15 is 0 Å². The van der Waals surface area contributed by atoms with Crippen LogP contribution in [0.3, 0.4) is 0 Å². The van der Waals surface area contributed by atoms with Crippen molar-refractivity contribution in [3.05, 3.63) is 48.0 Å². The van der Waals surface area contributed by atoms with Crippen molar-refractivity contribution in [2.75, 3.05) is 30.3 Å². The van der Waals surface area contributed by atoms with E-state index in [1.165, 1.54) is 22.5 Å². The van der Waals surface area contributed by atoms with Gasteiger partial charge in [-0.15, -0.1) is 0 Å². The van der Waals surface area contributed by atoms with Crippen LogP contribution in [0.1, 0.15) is 12.8 Å². The molecule has 0 aromatic heterocycles. The van der Waals surface area contributed by atoms with E-state index in [1.807, 2.05) is 0 Å². The molecule has 4 rings (SSSR count). The smallest absolute Gasteiger partial charge is 0.262 e. The van der Waals surface area contributed by atoms with E-state index in [0.717, 1.165) is 12.1 Å². The molecule has 2 aromatic carbocycles. The quantitative estimate of drug-likeness (QED) is 0.743. The average molecular weight is 451 g/mol. The molecule has 2 heterocycles. The van der Waals surface area contributed by atoms with E-state index in [1.54, 1.807) is 0 Å². The predicted octanol–water partition coefficient (Wildman–Crippen LogP) is 2.34. The number of carbonyl (C=O) groups excluding carboxylic acids is 2. The lowest BCUT2D eigenvalue weighted by molar-refractivity contribution is -0.121. The number of carbonyl (C=O) groups is 2. The van der Waals surface area contributed by atoms with Gasteiger partial charge in [0.2, 0.25) is 15.9 Å². The van der Waals surface area contributed by atoms with Gasteiger partial charge in [-0.2, -0.15) is 4.31 Å². The van der Waals surface area contributed by atoms with E-state index in [-0.39, 0.29) is 54.7 Å². The first kappa shape index (κ1) is 21.2. The number of amides is 2. The molecule has 2 N–H and O–H groups in total. The first-order valence-corrected chi connectivity index (χ1v) is 11.0. The van der Waals surface area contributed by atoms with Crippen LogP contribution < -0.4 is 15.4 Å². The van der Waals surface area contributed by atoms with Gasteiger partial charge >= 0.3 is 0 Å². The average Bonchev–Trinajstić information content (AvgIpc) is 2.75. The third-order valence-corrected chi connectivity index (χ3v) is 7.13. The first-order chi connectivity index (χ1) is 14.7. The fourth-order valence-corrected chi connectivity index (χ4v) is 5.05. The van der Waals surface area contributed by atoms with Crippen LogP contribution >= 0.6 is 0 Å². The van der Waals surface area contributed by atoms with Crippen LogP contribution in [0.15, 0.2) is 41.3 Å². The van der Waals surface area contributed by atoms with Crippen LogP contribution in [0.5, 0.6) is 5.75 Å². The molecule has 1 saturated heterocycles. The van der Waals surface area contributed by atoms with Crippen molar-refractivity contribution in [3.8, 4) is 5.75 Å². The molecule has 0 radical (unpaired) electrons. The lowest BCUT2D eigenvalue weighted by atomic mass is 9.97. The standard InChI is InChI=1S/C20H19F2N3O5S/c21-13-1-3-16(15(22)9-13)24-20(27)12-5-7-25(8-6-12)31(28,29)14-2-4-18-17(10-14)23-19(26)11-30-18/h1-4,9-10,12H,5-8,11H2,(H,23,26)(H,24,27). The minimum Gasteiger partial charge on any atom is -0.482 e. The number of rotatable bonds is 4. The van der Waals surface area contributed by atoms with Gasteiger partial charge in [0.05, 0.1) is 16.3 Å². The van der Waals surface area contributed by atoms with E-state index in [0.29, 0.717) is 11.8 Å². The van der Waals surface area contributed by atoms with Crippen LogP contribution in [0, 0.1) is 17.6 Å². The fraction of sp³-hybridized carbons (Fsp3) is 0.300. The van der Waals surface area contributed by atoms with E-state index in [2.05, 4.69) is 10.6 Å². The molecule has 2 aliphatic rings. The number of sulfonamides is 1. The second-order valence-electron chi connectivity index (χ2n) is 7.29. The highest BCUT2D eigenvalue weighted by molar-refractivity contribution is 7.89. The molecule has 0 atom stereocenters. The van der Waals surface area contributed by atoms with Crippen molar-refractivity contribution < 1.29 is 31.5 Å². The Labute approximate surface area is 177 Å². The molecule has 2 aromatic rings. The van der Waals surface area contributed by atoms with Gasteiger partial charge in [-0.3, -0.25) is 9.59 Å². The summed E-state index contributed by atoms with van der Waals surface area (Å²) in [5, 5.41) is 5.00. The van der Waals surface area contributed by atoms with E-state index in [4.69, 9.17) is 4.74 Å². The maximum absolute atomic E-state index is 13.8. The number of ether oxygens (including phenoxy) is 1. The van der Waals surface area contributed by atoms with Crippen molar-refractivity contribution in [2.45, 2.75) is 17.7 Å². The Morgan fingerprint density at radius 3 is 2.58 bits per heavy atom. The Bertz CT molecular complexity index is 1150. The van der Waals surface area contributed by atoms with Gasteiger partial charge in [0.1, 0.15) is 17.4 Å². The Morgan fingerprint density at radius 1 is 1.13 bits per heavy atom. The summed E-state index contributed by atoms with van der Waals surface area (Å²) >= 11 is 0. The summed E-state index contributed by atoms with van der Waals surface area (Å²) in [4.78, 5) is 23.9. The van der Waals surface area contributed by atoms with Crippen molar-refractivity contribution in [1.29, 1.82) is 0 Å². The molecular formula is C20H19F2N3O5S. The highest BCUT2D eigenvalue weighted by Gasteiger charge is 2.33. The molecule has 0 saturated carbocycles. The molecule has 11 heteroatoms. The number of anilines is 2. The number of piperidine rings is 1. The molecule has 31 heavy (non-hydrogen) atoms. The van der Waals surface area contributed by atoms with Gasteiger partial charge in [0.25, 0.3) is 5.91 Å². The van der Waals surface area contributed by atoms with Gasteiger partial charge in [-0.05, 0) is 43.2 Å². The normalized spacial score (nSPS) is 17.4. The zero-order valence-electron chi connectivity index (χ0n) is 16.2. The predicted molar refractivity (Wildman–Crippen MR) is 107 cm³/mol. The SMILES string of the molecule is O=C1COc2ccc(S(=O)(=O)N3CCC(C(=O)Nc4ccc(F)cc4F)CC3)cc2N1. The highest BCUT2D eigenvalue weighted by Crippen LogP contribution is 2.32. The molecule has 164 valence electrons. The van der Waals surface area contributed by atoms with E-state index < -0.39 is 33.5 Å². The third kappa shape index (κ3) is 4.37. The highest BCUT2D eigenvalue weighted by atomic mass is 32.2. The van der Waals surface area contributed by atoms with Crippen LogP contribution in [0.4, 0.5) is 20.2 Å². The molecule has 0 aliphatic carbocycles. The number of nitrogens with zero attached hydrogens (tertiary/aromatic N) is 1. The lowest BCUT2D eigenvalue weighted by Crippen LogP contribution is -2.41. The summed E-state index contributed by atoms with van der Waals surface area (Å²) in [5.74, 6) is -2.56. The molecule has 1 fully saturated rings.